The molecule has 0 spiro atoms. The Morgan fingerprint density at radius 2 is 2.09 bits per heavy atom. The molecule has 1 aliphatic rings. The maximum absolute atomic E-state index is 12.5. The minimum atomic E-state index is -3.01. The molecule has 0 fully saturated rings. The van der Waals surface area contributed by atoms with Crippen molar-refractivity contribution in [1.29, 1.82) is 5.26 Å². The number of rotatable bonds is 6. The molecule has 2 aromatic rings. The number of guanidine groups is 1. The van der Waals surface area contributed by atoms with E-state index in [1.54, 1.807) is 24.4 Å². The van der Waals surface area contributed by atoms with Gasteiger partial charge in [-0.2, -0.15) is 19.1 Å². The summed E-state index contributed by atoms with van der Waals surface area (Å²) in [6, 6.07) is 9.64. The minimum Gasteiger partial charge on any atom is -0.435 e. The molecule has 1 heterocycles. The van der Waals surface area contributed by atoms with Gasteiger partial charge in [-0.25, -0.2) is 10.0 Å². The van der Waals surface area contributed by atoms with E-state index in [0.29, 0.717) is 16.3 Å². The average molecular weight is 511 g/mol. The van der Waals surface area contributed by atoms with Crippen LogP contribution in [0.15, 0.2) is 52.6 Å². The van der Waals surface area contributed by atoms with Crippen LogP contribution < -0.4 is 15.4 Å². The number of carbonyl (C=O) groups excluding carboxylic acids is 1. The van der Waals surface area contributed by atoms with Gasteiger partial charge in [0, 0.05) is 11.6 Å². The normalized spacial score (nSPS) is 16.6. The number of ether oxygens (including phenoxy) is 1. The van der Waals surface area contributed by atoms with Crippen LogP contribution in [0.5, 0.6) is 5.75 Å². The minimum absolute atomic E-state index is 0.0365. The van der Waals surface area contributed by atoms with E-state index in [9.17, 15) is 23.9 Å². The highest BCUT2D eigenvalue weighted by Crippen LogP contribution is 2.26. The van der Waals surface area contributed by atoms with Crippen molar-refractivity contribution in [2.45, 2.75) is 25.7 Å². The summed E-state index contributed by atoms with van der Waals surface area (Å²) >= 11 is 12.1. The third-order valence-corrected chi connectivity index (χ3v) is 5.25. The monoisotopic (exact) mass is 510 g/mol. The fourth-order valence-electron chi connectivity index (χ4n) is 3.01. The molecule has 0 saturated heterocycles. The molecule has 0 aromatic heterocycles. The molecule has 0 bridgehead atoms. The Labute approximate surface area is 203 Å². The second-order valence-electron chi connectivity index (χ2n) is 6.98. The lowest BCUT2D eigenvalue weighted by Crippen LogP contribution is -2.47. The molecule has 1 amide bonds. The number of benzene rings is 2. The Morgan fingerprint density at radius 1 is 1.32 bits per heavy atom. The summed E-state index contributed by atoms with van der Waals surface area (Å²) in [6.45, 7) is -1.66. The summed E-state index contributed by atoms with van der Waals surface area (Å²) in [5, 5.41) is 30.3. The first-order valence-electron chi connectivity index (χ1n) is 9.76. The molecular weight excluding hydrogens is 493 g/mol. The number of aliphatic hydroxyl groups excluding tert-OH is 1. The Kier molecular flexibility index (Phi) is 8.22. The van der Waals surface area contributed by atoms with Gasteiger partial charge in [-0.1, -0.05) is 35.3 Å². The van der Waals surface area contributed by atoms with Gasteiger partial charge in [0.1, 0.15) is 11.9 Å². The Hall–Kier alpha value is -3.46. The molecule has 34 heavy (non-hydrogen) atoms. The van der Waals surface area contributed by atoms with Crippen LogP contribution in [-0.4, -0.2) is 53.0 Å². The van der Waals surface area contributed by atoms with Crippen molar-refractivity contribution in [2.24, 2.45) is 10.1 Å². The van der Waals surface area contributed by atoms with Crippen molar-refractivity contribution in [3.8, 4) is 11.9 Å². The predicted molar refractivity (Wildman–Crippen MR) is 122 cm³/mol. The van der Waals surface area contributed by atoms with E-state index in [4.69, 9.17) is 23.2 Å². The van der Waals surface area contributed by atoms with Gasteiger partial charge in [0.15, 0.2) is 6.19 Å². The van der Waals surface area contributed by atoms with Crippen molar-refractivity contribution in [3.05, 3.63) is 58.1 Å². The molecule has 1 unspecified atom stereocenters. The molecule has 0 aliphatic carbocycles. The summed E-state index contributed by atoms with van der Waals surface area (Å²) < 4.78 is 29.4. The Balaban J connectivity index is 1.98. The molecule has 0 radical (unpaired) electrons. The molecule has 3 rings (SSSR count). The first kappa shape index (κ1) is 25.2. The first-order chi connectivity index (χ1) is 16.2. The summed E-state index contributed by atoms with van der Waals surface area (Å²) in [5.41, 5.74) is 1.12. The number of hydrogen-bond donors (Lipinski definition) is 3. The second-order valence-corrected chi connectivity index (χ2v) is 7.80. The number of nitrogens with zero attached hydrogens (tertiary/aromatic N) is 4. The zero-order chi connectivity index (χ0) is 24.8. The number of hydrogen-bond acceptors (Lipinski definition) is 6. The van der Waals surface area contributed by atoms with Gasteiger partial charge in [0.25, 0.3) is 0 Å². The fraction of sp³-hybridized carbons (Fsp3) is 0.238. The maximum atomic E-state index is 12.5. The SMILES string of the molecule is C[C@H](O)C(=O)NC1CN(C(=Nc2cccc(OC(F)F)c2)NC#N)N=C1c1ccc(Cl)c(Cl)c1. The molecule has 2 atom stereocenters. The zero-order valence-electron chi connectivity index (χ0n) is 17.5. The van der Waals surface area contributed by atoms with E-state index in [1.165, 1.54) is 36.2 Å². The number of aliphatic imine (C=N–C) groups is 1. The van der Waals surface area contributed by atoms with Gasteiger partial charge >= 0.3 is 6.61 Å². The lowest BCUT2D eigenvalue weighted by molar-refractivity contribution is -0.128. The van der Waals surface area contributed by atoms with Gasteiger partial charge in [0.05, 0.1) is 34.0 Å². The van der Waals surface area contributed by atoms with E-state index in [1.807, 2.05) is 0 Å². The summed E-state index contributed by atoms with van der Waals surface area (Å²) in [5.74, 6) is -0.790. The highest BCUT2D eigenvalue weighted by molar-refractivity contribution is 6.42. The molecule has 2 aromatic carbocycles. The van der Waals surface area contributed by atoms with E-state index >= 15 is 0 Å². The first-order valence-corrected chi connectivity index (χ1v) is 10.5. The standard InChI is InChI=1S/C21H18Cl2F2N6O3/c1-11(32)19(33)29-17-9-31(30-18(17)12-5-6-15(22)16(23)7-12)21(27-10-26)28-13-3-2-4-14(8-13)34-20(24)25/h2-8,11,17,20,32H,9H2,1H3,(H,27,28)(H,29,33)/t11-,17?/m0/s1. The summed E-state index contributed by atoms with van der Waals surface area (Å²) in [4.78, 5) is 16.4. The van der Waals surface area contributed by atoms with Gasteiger partial charge in [0.2, 0.25) is 11.9 Å². The van der Waals surface area contributed by atoms with Crippen LogP contribution in [0.25, 0.3) is 0 Å². The van der Waals surface area contributed by atoms with Crippen LogP contribution in [0.3, 0.4) is 0 Å². The number of hydrazone groups is 1. The third kappa shape index (κ3) is 6.32. The fourth-order valence-corrected chi connectivity index (χ4v) is 3.30. The highest BCUT2D eigenvalue weighted by Gasteiger charge is 2.32. The quantitative estimate of drug-likeness (QED) is 0.237. The molecular formula is C21H18Cl2F2N6O3. The number of nitriles is 1. The van der Waals surface area contributed by atoms with Crippen LogP contribution in [0.1, 0.15) is 12.5 Å². The second kappa shape index (κ2) is 11.1. The van der Waals surface area contributed by atoms with Gasteiger partial charge in [-0.05, 0) is 31.2 Å². The van der Waals surface area contributed by atoms with Crippen LogP contribution in [0, 0.1) is 11.5 Å². The van der Waals surface area contributed by atoms with Crippen molar-refractivity contribution in [3.63, 3.8) is 0 Å². The zero-order valence-corrected chi connectivity index (χ0v) is 19.1. The Bertz CT molecular complexity index is 1170. The number of aliphatic hydroxyl groups is 1. The lowest BCUT2D eigenvalue weighted by Gasteiger charge is -2.18. The molecule has 178 valence electrons. The number of nitrogens with one attached hydrogen (secondary N) is 2. The van der Waals surface area contributed by atoms with Gasteiger partial charge < -0.3 is 15.2 Å². The molecule has 0 saturated carbocycles. The Morgan fingerprint density at radius 3 is 2.74 bits per heavy atom. The smallest absolute Gasteiger partial charge is 0.387 e. The van der Waals surface area contributed by atoms with Crippen LogP contribution in [0.4, 0.5) is 14.5 Å². The average Bonchev–Trinajstić information content (AvgIpc) is 3.18. The molecule has 9 nitrogen and oxygen atoms in total. The maximum Gasteiger partial charge on any atom is 0.387 e. The van der Waals surface area contributed by atoms with Crippen LogP contribution in [0.2, 0.25) is 10.0 Å². The van der Waals surface area contributed by atoms with Crippen molar-refractivity contribution < 1.29 is 23.4 Å². The summed E-state index contributed by atoms with van der Waals surface area (Å²) in [6.07, 6.45) is 0.477. The lowest BCUT2D eigenvalue weighted by atomic mass is 10.0. The van der Waals surface area contributed by atoms with E-state index in [-0.39, 0.29) is 29.0 Å². The van der Waals surface area contributed by atoms with Crippen LogP contribution in [-0.2, 0) is 4.79 Å². The molecule has 1 aliphatic heterocycles. The number of carbonyl (C=O) groups is 1. The van der Waals surface area contributed by atoms with E-state index in [0.717, 1.165) is 0 Å². The van der Waals surface area contributed by atoms with Crippen molar-refractivity contribution in [2.75, 3.05) is 6.54 Å². The highest BCUT2D eigenvalue weighted by atomic mass is 35.5. The number of amides is 1. The number of halogens is 4. The topological polar surface area (TPSA) is 122 Å². The van der Waals surface area contributed by atoms with Gasteiger partial charge in [-0.3, -0.25) is 10.1 Å². The van der Waals surface area contributed by atoms with E-state index in [2.05, 4.69) is 25.5 Å². The molecule has 3 N–H and O–H groups in total. The van der Waals surface area contributed by atoms with Crippen molar-refractivity contribution >= 4 is 46.5 Å². The van der Waals surface area contributed by atoms with Crippen LogP contribution >= 0.6 is 23.2 Å². The molecule has 13 heteroatoms. The summed E-state index contributed by atoms with van der Waals surface area (Å²) in [7, 11) is 0. The van der Waals surface area contributed by atoms with E-state index < -0.39 is 24.7 Å². The third-order valence-electron chi connectivity index (χ3n) is 4.52. The largest absolute Gasteiger partial charge is 0.435 e. The van der Waals surface area contributed by atoms with Crippen molar-refractivity contribution in [1.82, 2.24) is 15.6 Å². The van der Waals surface area contributed by atoms with Gasteiger partial charge in [-0.15, -0.1) is 0 Å². The predicted octanol–water partition coefficient (Wildman–Crippen LogP) is 3.24. The number of alkyl halides is 2.